The lowest BCUT2D eigenvalue weighted by Crippen LogP contribution is -2.05. The van der Waals surface area contributed by atoms with Gasteiger partial charge in [0.2, 0.25) is 0 Å². The topological polar surface area (TPSA) is 48.1 Å². The first kappa shape index (κ1) is 11.5. The summed E-state index contributed by atoms with van der Waals surface area (Å²) in [5, 5.41) is 0. The van der Waals surface area contributed by atoms with Gasteiger partial charge in [0.1, 0.15) is 5.75 Å². The fraction of sp³-hybridized carbons (Fsp3) is 0.214. The van der Waals surface area contributed by atoms with Crippen LogP contribution in [0.4, 0.5) is 5.69 Å². The number of nitrogen functional groups attached to an aromatic ring is 1. The average molecular weight is 228 g/mol. The van der Waals surface area contributed by atoms with Crippen LogP contribution in [0.25, 0.3) is 11.1 Å². The van der Waals surface area contributed by atoms with Gasteiger partial charge in [0.05, 0.1) is 18.0 Å². The molecule has 0 fully saturated rings. The molecule has 0 radical (unpaired) electrons. The Hall–Kier alpha value is -2.03. The maximum atomic E-state index is 5.90. The van der Waals surface area contributed by atoms with E-state index in [9.17, 15) is 0 Å². The number of ether oxygens (including phenoxy) is 1. The van der Waals surface area contributed by atoms with E-state index in [0.29, 0.717) is 5.69 Å². The molecule has 3 nitrogen and oxygen atoms in total. The van der Waals surface area contributed by atoms with Crippen LogP contribution in [0.3, 0.4) is 0 Å². The van der Waals surface area contributed by atoms with Crippen LogP contribution in [0.1, 0.15) is 13.8 Å². The standard InChI is InChI=1S/C14H16N2O/c1-10(2)17-12-5-3-4-11(8-12)13-6-7-16-9-14(13)15/h3-10H,15H2,1-2H3. The SMILES string of the molecule is CC(C)Oc1cccc(-c2ccncc2N)c1. The molecule has 1 aromatic carbocycles. The molecule has 2 aromatic rings. The molecule has 1 heterocycles. The van der Waals surface area contributed by atoms with Gasteiger partial charge in [0.15, 0.2) is 0 Å². The third-order valence-electron chi connectivity index (χ3n) is 2.37. The molecule has 0 bridgehead atoms. The minimum absolute atomic E-state index is 0.167. The van der Waals surface area contributed by atoms with Crippen molar-refractivity contribution in [2.75, 3.05) is 5.73 Å². The highest BCUT2D eigenvalue weighted by Crippen LogP contribution is 2.27. The molecule has 0 spiro atoms. The van der Waals surface area contributed by atoms with Crippen LogP contribution in [-0.4, -0.2) is 11.1 Å². The maximum Gasteiger partial charge on any atom is 0.120 e. The average Bonchev–Trinajstić information content (AvgIpc) is 2.29. The predicted octanol–water partition coefficient (Wildman–Crippen LogP) is 3.12. The molecule has 0 atom stereocenters. The van der Waals surface area contributed by atoms with E-state index < -0.39 is 0 Å². The number of pyridine rings is 1. The fourth-order valence-corrected chi connectivity index (χ4v) is 1.68. The smallest absolute Gasteiger partial charge is 0.120 e. The molecule has 3 heteroatoms. The number of benzene rings is 1. The lowest BCUT2D eigenvalue weighted by molar-refractivity contribution is 0.242. The summed E-state index contributed by atoms with van der Waals surface area (Å²) >= 11 is 0. The number of hydrogen-bond donors (Lipinski definition) is 1. The van der Waals surface area contributed by atoms with Crippen LogP contribution in [-0.2, 0) is 0 Å². The Balaban J connectivity index is 2.37. The number of nitrogens with zero attached hydrogens (tertiary/aromatic N) is 1. The van der Waals surface area contributed by atoms with Crippen LogP contribution in [0, 0.1) is 0 Å². The molecule has 0 aliphatic rings. The summed E-state index contributed by atoms with van der Waals surface area (Å²) in [6.07, 6.45) is 3.56. The predicted molar refractivity (Wildman–Crippen MR) is 69.8 cm³/mol. The molecule has 2 rings (SSSR count). The second-order valence-electron chi connectivity index (χ2n) is 4.16. The third kappa shape index (κ3) is 2.75. The van der Waals surface area contributed by atoms with Gasteiger partial charge in [-0.25, -0.2) is 0 Å². The minimum atomic E-state index is 0.167. The van der Waals surface area contributed by atoms with Crippen molar-refractivity contribution in [3.63, 3.8) is 0 Å². The molecule has 0 saturated heterocycles. The third-order valence-corrected chi connectivity index (χ3v) is 2.37. The molecule has 17 heavy (non-hydrogen) atoms. The number of rotatable bonds is 3. The molecule has 88 valence electrons. The van der Waals surface area contributed by atoms with E-state index >= 15 is 0 Å². The highest BCUT2D eigenvalue weighted by Gasteiger charge is 2.04. The Labute approximate surface area is 101 Å². The van der Waals surface area contributed by atoms with Crippen molar-refractivity contribution in [2.24, 2.45) is 0 Å². The van der Waals surface area contributed by atoms with Crippen molar-refractivity contribution in [1.82, 2.24) is 4.98 Å². The van der Waals surface area contributed by atoms with E-state index in [4.69, 9.17) is 10.5 Å². The van der Waals surface area contributed by atoms with Crippen molar-refractivity contribution >= 4 is 5.69 Å². The molecule has 2 N–H and O–H groups in total. The first-order valence-corrected chi connectivity index (χ1v) is 5.63. The lowest BCUT2D eigenvalue weighted by atomic mass is 10.1. The van der Waals surface area contributed by atoms with Gasteiger partial charge in [-0.2, -0.15) is 0 Å². The zero-order valence-corrected chi connectivity index (χ0v) is 10.1. The Kier molecular flexibility index (Phi) is 3.28. The summed E-state index contributed by atoms with van der Waals surface area (Å²) in [5.74, 6) is 0.855. The van der Waals surface area contributed by atoms with Gasteiger partial charge in [-0.15, -0.1) is 0 Å². The van der Waals surface area contributed by atoms with Gasteiger partial charge >= 0.3 is 0 Å². The molecule has 1 aromatic heterocycles. The molecule has 0 aliphatic heterocycles. The second kappa shape index (κ2) is 4.87. The number of hydrogen-bond acceptors (Lipinski definition) is 3. The van der Waals surface area contributed by atoms with Crippen molar-refractivity contribution in [3.05, 3.63) is 42.7 Å². The van der Waals surface area contributed by atoms with Crippen LogP contribution in [0.2, 0.25) is 0 Å². The van der Waals surface area contributed by atoms with E-state index in [2.05, 4.69) is 4.98 Å². The van der Waals surface area contributed by atoms with Crippen LogP contribution >= 0.6 is 0 Å². The van der Waals surface area contributed by atoms with Gasteiger partial charge in [-0.05, 0) is 37.6 Å². The maximum absolute atomic E-state index is 5.90. The zero-order chi connectivity index (χ0) is 12.3. The van der Waals surface area contributed by atoms with Crippen molar-refractivity contribution in [3.8, 4) is 16.9 Å². The molecule has 0 saturated carbocycles. The molecule has 0 unspecified atom stereocenters. The Morgan fingerprint density at radius 2 is 2.06 bits per heavy atom. The molecular formula is C14H16N2O. The minimum Gasteiger partial charge on any atom is -0.491 e. The van der Waals surface area contributed by atoms with Gasteiger partial charge in [-0.3, -0.25) is 4.98 Å². The van der Waals surface area contributed by atoms with Gasteiger partial charge in [0, 0.05) is 11.8 Å². The highest BCUT2D eigenvalue weighted by molar-refractivity contribution is 5.76. The Bertz CT molecular complexity index is 509. The van der Waals surface area contributed by atoms with Gasteiger partial charge in [0.25, 0.3) is 0 Å². The van der Waals surface area contributed by atoms with Crippen molar-refractivity contribution in [2.45, 2.75) is 20.0 Å². The number of nitrogens with two attached hydrogens (primary N) is 1. The Morgan fingerprint density at radius 3 is 2.76 bits per heavy atom. The number of anilines is 1. The summed E-state index contributed by atoms with van der Waals surface area (Å²) in [6, 6.07) is 9.82. The molecule has 0 amide bonds. The normalized spacial score (nSPS) is 10.5. The van der Waals surface area contributed by atoms with Gasteiger partial charge in [-0.1, -0.05) is 12.1 Å². The summed E-state index contributed by atoms with van der Waals surface area (Å²) in [4.78, 5) is 3.98. The van der Waals surface area contributed by atoms with E-state index in [-0.39, 0.29) is 6.10 Å². The number of aromatic nitrogens is 1. The van der Waals surface area contributed by atoms with E-state index in [0.717, 1.165) is 16.9 Å². The quantitative estimate of drug-likeness (QED) is 0.878. The molecule has 0 aliphatic carbocycles. The summed E-state index contributed by atoms with van der Waals surface area (Å²) < 4.78 is 5.66. The van der Waals surface area contributed by atoms with E-state index in [1.54, 1.807) is 12.4 Å². The fourth-order valence-electron chi connectivity index (χ4n) is 1.68. The van der Waals surface area contributed by atoms with Crippen LogP contribution in [0.5, 0.6) is 5.75 Å². The second-order valence-corrected chi connectivity index (χ2v) is 4.16. The van der Waals surface area contributed by atoms with E-state index in [1.165, 1.54) is 0 Å². The summed E-state index contributed by atoms with van der Waals surface area (Å²) in [7, 11) is 0. The first-order valence-electron chi connectivity index (χ1n) is 5.63. The summed E-state index contributed by atoms with van der Waals surface area (Å²) in [5.41, 5.74) is 8.60. The monoisotopic (exact) mass is 228 g/mol. The van der Waals surface area contributed by atoms with Crippen molar-refractivity contribution in [1.29, 1.82) is 0 Å². The first-order chi connectivity index (χ1) is 8.16. The van der Waals surface area contributed by atoms with Crippen LogP contribution < -0.4 is 10.5 Å². The lowest BCUT2D eigenvalue weighted by Gasteiger charge is -2.11. The van der Waals surface area contributed by atoms with Crippen LogP contribution in [0.15, 0.2) is 42.7 Å². The largest absolute Gasteiger partial charge is 0.491 e. The Morgan fingerprint density at radius 1 is 1.24 bits per heavy atom. The highest BCUT2D eigenvalue weighted by atomic mass is 16.5. The van der Waals surface area contributed by atoms with Gasteiger partial charge < -0.3 is 10.5 Å². The zero-order valence-electron chi connectivity index (χ0n) is 10.1. The van der Waals surface area contributed by atoms with Crippen molar-refractivity contribution < 1.29 is 4.74 Å². The summed E-state index contributed by atoms with van der Waals surface area (Å²) in [6.45, 7) is 4.01. The van der Waals surface area contributed by atoms with E-state index in [1.807, 2.05) is 44.2 Å². The molecular weight excluding hydrogens is 212 g/mol.